The first-order chi connectivity index (χ1) is 14.4. The van der Waals surface area contributed by atoms with Crippen LogP contribution in [0.4, 0.5) is 0 Å². The summed E-state index contributed by atoms with van der Waals surface area (Å²) in [5, 5.41) is 8.90. The van der Waals surface area contributed by atoms with Gasteiger partial charge in [-0.1, -0.05) is 31.2 Å². The first-order valence-corrected chi connectivity index (χ1v) is 11.5. The third-order valence-electron chi connectivity index (χ3n) is 4.77. The first-order valence-electron chi connectivity index (χ1n) is 9.99. The molecule has 2 aromatic carbocycles. The first kappa shape index (κ1) is 21.8. The standard InChI is InChI=1S/C23H25N3O3S/c1-2-15-26(17-20-5-3-19(16-24)4-6-20)23(27)14-9-18-7-12-22(13-8-18)30(28,29)25-21-10-11-21/h3-9,12-14,21,25H,2,10-11,15,17H2,1H3/b14-9+. The zero-order chi connectivity index (χ0) is 21.6. The van der Waals surface area contributed by atoms with Gasteiger partial charge in [-0.2, -0.15) is 5.26 Å². The molecule has 0 radical (unpaired) electrons. The molecule has 1 N–H and O–H groups in total. The van der Waals surface area contributed by atoms with Crippen LogP contribution in [0, 0.1) is 11.3 Å². The van der Waals surface area contributed by atoms with E-state index in [0.29, 0.717) is 18.7 Å². The van der Waals surface area contributed by atoms with E-state index in [1.807, 2.05) is 19.1 Å². The molecule has 1 saturated carbocycles. The lowest BCUT2D eigenvalue weighted by molar-refractivity contribution is -0.126. The third-order valence-corrected chi connectivity index (χ3v) is 6.31. The minimum Gasteiger partial charge on any atom is -0.335 e. The van der Waals surface area contributed by atoms with E-state index in [9.17, 15) is 13.2 Å². The zero-order valence-corrected chi connectivity index (χ0v) is 17.7. The molecular formula is C23H25N3O3S. The van der Waals surface area contributed by atoms with E-state index in [-0.39, 0.29) is 16.8 Å². The summed E-state index contributed by atoms with van der Waals surface area (Å²) in [5.41, 5.74) is 2.30. The van der Waals surface area contributed by atoms with Gasteiger partial charge in [-0.3, -0.25) is 4.79 Å². The lowest BCUT2D eigenvalue weighted by atomic mass is 10.1. The lowest BCUT2D eigenvalue weighted by Gasteiger charge is -2.20. The number of nitriles is 1. The smallest absolute Gasteiger partial charge is 0.246 e. The summed E-state index contributed by atoms with van der Waals surface area (Å²) in [6, 6.07) is 15.8. The summed E-state index contributed by atoms with van der Waals surface area (Å²) < 4.78 is 27.1. The Morgan fingerprint density at radius 1 is 1.17 bits per heavy atom. The molecule has 0 aromatic heterocycles. The van der Waals surface area contributed by atoms with E-state index in [0.717, 1.165) is 30.4 Å². The molecule has 0 saturated heterocycles. The maximum atomic E-state index is 12.7. The largest absolute Gasteiger partial charge is 0.335 e. The normalized spacial score (nSPS) is 13.9. The molecule has 1 amide bonds. The fourth-order valence-electron chi connectivity index (χ4n) is 2.96. The van der Waals surface area contributed by atoms with Crippen LogP contribution in [0.1, 0.15) is 42.9 Å². The summed E-state index contributed by atoms with van der Waals surface area (Å²) in [6.45, 7) is 3.09. The van der Waals surface area contributed by atoms with Crippen LogP contribution in [-0.4, -0.2) is 31.8 Å². The molecule has 3 rings (SSSR count). The van der Waals surface area contributed by atoms with E-state index < -0.39 is 10.0 Å². The number of carbonyl (C=O) groups excluding carboxylic acids is 1. The van der Waals surface area contributed by atoms with Crippen molar-refractivity contribution >= 4 is 22.0 Å². The molecule has 0 bridgehead atoms. The molecule has 0 spiro atoms. The minimum atomic E-state index is -3.47. The van der Waals surface area contributed by atoms with Gasteiger partial charge in [0.2, 0.25) is 15.9 Å². The molecule has 6 nitrogen and oxygen atoms in total. The highest BCUT2D eigenvalue weighted by atomic mass is 32.2. The minimum absolute atomic E-state index is 0.0628. The topological polar surface area (TPSA) is 90.3 Å². The quantitative estimate of drug-likeness (QED) is 0.626. The summed E-state index contributed by atoms with van der Waals surface area (Å²) in [6.07, 6.45) is 5.80. The van der Waals surface area contributed by atoms with E-state index in [1.54, 1.807) is 47.4 Å². The van der Waals surface area contributed by atoms with Crippen molar-refractivity contribution in [3.05, 3.63) is 71.3 Å². The number of hydrogen-bond donors (Lipinski definition) is 1. The average molecular weight is 424 g/mol. The van der Waals surface area contributed by atoms with Gasteiger partial charge < -0.3 is 4.90 Å². The van der Waals surface area contributed by atoms with Crippen LogP contribution in [-0.2, 0) is 21.4 Å². The highest BCUT2D eigenvalue weighted by Crippen LogP contribution is 2.22. The molecule has 2 aromatic rings. The number of nitrogens with zero attached hydrogens (tertiary/aromatic N) is 2. The summed E-state index contributed by atoms with van der Waals surface area (Å²) in [4.78, 5) is 14.6. The average Bonchev–Trinajstić information content (AvgIpc) is 3.56. The predicted molar refractivity (Wildman–Crippen MR) is 116 cm³/mol. The van der Waals surface area contributed by atoms with Gasteiger partial charge in [0.15, 0.2) is 0 Å². The second-order valence-corrected chi connectivity index (χ2v) is 9.08. The van der Waals surface area contributed by atoms with Crippen LogP contribution >= 0.6 is 0 Å². The van der Waals surface area contributed by atoms with Gasteiger partial charge in [0.1, 0.15) is 0 Å². The monoisotopic (exact) mass is 423 g/mol. The van der Waals surface area contributed by atoms with Crippen molar-refractivity contribution in [3.8, 4) is 6.07 Å². The van der Waals surface area contributed by atoms with Gasteiger partial charge in [-0.15, -0.1) is 0 Å². The fourth-order valence-corrected chi connectivity index (χ4v) is 4.27. The summed E-state index contributed by atoms with van der Waals surface area (Å²) in [7, 11) is -3.47. The van der Waals surface area contributed by atoms with Crippen molar-refractivity contribution in [3.63, 3.8) is 0 Å². The number of hydrogen-bond acceptors (Lipinski definition) is 4. The molecule has 30 heavy (non-hydrogen) atoms. The van der Waals surface area contributed by atoms with Crippen LogP contribution in [0.3, 0.4) is 0 Å². The van der Waals surface area contributed by atoms with Gasteiger partial charge >= 0.3 is 0 Å². The predicted octanol–water partition coefficient (Wildman–Crippen LogP) is 3.45. The number of benzene rings is 2. The van der Waals surface area contributed by atoms with Crippen molar-refractivity contribution in [1.29, 1.82) is 5.26 Å². The molecule has 1 fully saturated rings. The molecule has 0 atom stereocenters. The highest BCUT2D eigenvalue weighted by molar-refractivity contribution is 7.89. The van der Waals surface area contributed by atoms with Crippen LogP contribution in [0.5, 0.6) is 0 Å². The van der Waals surface area contributed by atoms with Crippen LogP contribution < -0.4 is 4.72 Å². The SMILES string of the molecule is CCCN(Cc1ccc(C#N)cc1)C(=O)/C=C/c1ccc(S(=O)(=O)NC2CC2)cc1. The maximum absolute atomic E-state index is 12.7. The van der Waals surface area contributed by atoms with Crippen molar-refractivity contribution in [1.82, 2.24) is 9.62 Å². The molecule has 1 aliphatic carbocycles. The summed E-state index contributed by atoms with van der Waals surface area (Å²) >= 11 is 0. The molecule has 0 unspecified atom stereocenters. The van der Waals surface area contributed by atoms with Crippen molar-refractivity contribution in [2.45, 2.75) is 43.7 Å². The Labute approximate surface area is 177 Å². The molecular weight excluding hydrogens is 398 g/mol. The van der Waals surface area contributed by atoms with Crippen molar-refractivity contribution < 1.29 is 13.2 Å². The molecule has 156 valence electrons. The van der Waals surface area contributed by atoms with Crippen LogP contribution in [0.2, 0.25) is 0 Å². The van der Waals surface area contributed by atoms with Crippen LogP contribution in [0.25, 0.3) is 6.08 Å². The molecule has 1 aliphatic rings. The maximum Gasteiger partial charge on any atom is 0.246 e. The number of nitrogens with one attached hydrogen (secondary N) is 1. The Balaban J connectivity index is 1.64. The third kappa shape index (κ3) is 6.02. The molecule has 0 aliphatic heterocycles. The van der Waals surface area contributed by atoms with Crippen molar-refractivity contribution in [2.75, 3.05) is 6.54 Å². The number of carbonyl (C=O) groups is 1. The summed E-state index contributed by atoms with van der Waals surface area (Å²) in [5.74, 6) is -0.117. The fraction of sp³-hybridized carbons (Fsp3) is 0.304. The Morgan fingerprint density at radius 3 is 2.40 bits per heavy atom. The van der Waals surface area contributed by atoms with Gasteiger partial charge in [-0.05, 0) is 60.7 Å². The zero-order valence-electron chi connectivity index (χ0n) is 16.9. The van der Waals surface area contributed by atoms with Gasteiger partial charge in [0.05, 0.1) is 16.5 Å². The highest BCUT2D eigenvalue weighted by Gasteiger charge is 2.27. The van der Waals surface area contributed by atoms with Crippen molar-refractivity contribution in [2.24, 2.45) is 0 Å². The van der Waals surface area contributed by atoms with Crippen LogP contribution in [0.15, 0.2) is 59.5 Å². The second kappa shape index (κ2) is 9.70. The van der Waals surface area contributed by atoms with Gasteiger partial charge in [-0.25, -0.2) is 13.1 Å². The number of sulfonamides is 1. The molecule has 0 heterocycles. The Kier molecular flexibility index (Phi) is 7.03. The number of rotatable bonds is 9. The van der Waals surface area contributed by atoms with E-state index in [2.05, 4.69) is 10.8 Å². The van der Waals surface area contributed by atoms with E-state index in [1.165, 1.54) is 6.08 Å². The molecule has 7 heteroatoms. The van der Waals surface area contributed by atoms with E-state index >= 15 is 0 Å². The second-order valence-electron chi connectivity index (χ2n) is 7.37. The Bertz CT molecular complexity index is 1050. The Hall–Kier alpha value is -2.95. The van der Waals surface area contributed by atoms with Gasteiger partial charge in [0, 0.05) is 25.2 Å². The Morgan fingerprint density at radius 2 is 1.83 bits per heavy atom. The van der Waals surface area contributed by atoms with Gasteiger partial charge in [0.25, 0.3) is 0 Å². The lowest BCUT2D eigenvalue weighted by Crippen LogP contribution is -2.29. The number of amides is 1. The van der Waals surface area contributed by atoms with E-state index in [4.69, 9.17) is 5.26 Å².